The molecule has 5 nitrogen and oxygen atoms in total. The van der Waals surface area contributed by atoms with Gasteiger partial charge in [-0.25, -0.2) is 4.79 Å². The number of hydrogen-bond donors (Lipinski definition) is 2. The van der Waals surface area contributed by atoms with Crippen LogP contribution in [0.4, 0.5) is 4.79 Å². The molecule has 2 atom stereocenters. The average Bonchev–Trinajstić information content (AvgIpc) is 2.24. The van der Waals surface area contributed by atoms with Crippen LogP contribution in [-0.2, 0) is 4.79 Å². The average molecular weight is 228 g/mol. The van der Waals surface area contributed by atoms with Gasteiger partial charge in [-0.2, -0.15) is 0 Å². The molecule has 0 aromatic carbocycles. The van der Waals surface area contributed by atoms with Crippen LogP contribution < -0.4 is 5.32 Å². The Bertz CT molecular complexity index is 266. The van der Waals surface area contributed by atoms with Gasteiger partial charge in [0.1, 0.15) is 6.54 Å². The van der Waals surface area contributed by atoms with Gasteiger partial charge >= 0.3 is 12.0 Å². The highest BCUT2D eigenvalue weighted by Gasteiger charge is 2.21. The Morgan fingerprint density at radius 2 is 2.06 bits per heavy atom. The van der Waals surface area contributed by atoms with Crippen molar-refractivity contribution in [1.29, 1.82) is 0 Å². The van der Waals surface area contributed by atoms with Gasteiger partial charge in [0.25, 0.3) is 0 Å². The monoisotopic (exact) mass is 228 g/mol. The lowest BCUT2D eigenvalue weighted by atomic mass is 10.2. The summed E-state index contributed by atoms with van der Waals surface area (Å²) in [5.41, 5.74) is 0. The van der Waals surface area contributed by atoms with Gasteiger partial charge in [0.15, 0.2) is 0 Å². The molecule has 5 heteroatoms. The van der Waals surface area contributed by atoms with Gasteiger partial charge in [0, 0.05) is 12.1 Å². The molecule has 0 spiro atoms. The number of nitrogens with zero attached hydrogens (tertiary/aromatic N) is 1. The van der Waals surface area contributed by atoms with Crippen molar-refractivity contribution < 1.29 is 14.7 Å². The van der Waals surface area contributed by atoms with E-state index in [1.807, 2.05) is 13.8 Å². The van der Waals surface area contributed by atoms with Gasteiger partial charge in [0.05, 0.1) is 0 Å². The molecule has 0 fully saturated rings. The SMILES string of the molecule is C=CC(C)NC(=O)N(CC(=O)O)C(C)CC. The second kappa shape index (κ2) is 6.87. The number of carboxylic acid groups (broad SMARTS) is 1. The fourth-order valence-electron chi connectivity index (χ4n) is 1.13. The molecule has 0 rings (SSSR count). The summed E-state index contributed by atoms with van der Waals surface area (Å²) >= 11 is 0. The van der Waals surface area contributed by atoms with Crippen molar-refractivity contribution in [3.05, 3.63) is 12.7 Å². The van der Waals surface area contributed by atoms with E-state index in [0.717, 1.165) is 0 Å². The van der Waals surface area contributed by atoms with E-state index in [9.17, 15) is 9.59 Å². The van der Waals surface area contributed by atoms with Gasteiger partial charge in [-0.05, 0) is 20.3 Å². The predicted molar refractivity (Wildman–Crippen MR) is 62.3 cm³/mol. The maximum atomic E-state index is 11.8. The Hall–Kier alpha value is -1.52. The predicted octanol–water partition coefficient (Wildman–Crippen LogP) is 1.46. The number of carbonyl (C=O) groups excluding carboxylic acids is 1. The van der Waals surface area contributed by atoms with E-state index in [-0.39, 0.29) is 24.7 Å². The summed E-state index contributed by atoms with van der Waals surface area (Å²) < 4.78 is 0. The fraction of sp³-hybridized carbons (Fsp3) is 0.636. The van der Waals surface area contributed by atoms with Crippen LogP contribution in [0.15, 0.2) is 12.7 Å². The second-order valence-electron chi connectivity index (χ2n) is 3.75. The van der Waals surface area contributed by atoms with Gasteiger partial charge in [-0.15, -0.1) is 6.58 Å². The van der Waals surface area contributed by atoms with E-state index in [1.54, 1.807) is 13.0 Å². The Labute approximate surface area is 96.1 Å². The smallest absolute Gasteiger partial charge is 0.323 e. The highest BCUT2D eigenvalue weighted by atomic mass is 16.4. The summed E-state index contributed by atoms with van der Waals surface area (Å²) in [5.74, 6) is -1.01. The summed E-state index contributed by atoms with van der Waals surface area (Å²) in [4.78, 5) is 23.7. The zero-order chi connectivity index (χ0) is 12.7. The first-order valence-corrected chi connectivity index (χ1v) is 5.33. The van der Waals surface area contributed by atoms with Crippen LogP contribution in [0, 0.1) is 0 Å². The van der Waals surface area contributed by atoms with Crippen LogP contribution in [0.1, 0.15) is 27.2 Å². The van der Waals surface area contributed by atoms with E-state index in [1.165, 1.54) is 4.90 Å². The van der Waals surface area contributed by atoms with Crippen LogP contribution >= 0.6 is 0 Å². The lowest BCUT2D eigenvalue weighted by Crippen LogP contribution is -2.49. The van der Waals surface area contributed by atoms with Crippen LogP contribution in [0.5, 0.6) is 0 Å². The van der Waals surface area contributed by atoms with E-state index < -0.39 is 5.97 Å². The first kappa shape index (κ1) is 14.5. The quantitative estimate of drug-likeness (QED) is 0.676. The van der Waals surface area contributed by atoms with Crippen molar-refractivity contribution >= 4 is 12.0 Å². The van der Waals surface area contributed by atoms with Crippen molar-refractivity contribution in [2.75, 3.05) is 6.54 Å². The third-order valence-electron chi connectivity index (χ3n) is 2.39. The molecule has 2 N–H and O–H groups in total. The Kier molecular flexibility index (Phi) is 6.22. The van der Waals surface area contributed by atoms with Crippen LogP contribution in [-0.4, -0.2) is 40.6 Å². The van der Waals surface area contributed by atoms with Crippen LogP contribution in [0.25, 0.3) is 0 Å². The van der Waals surface area contributed by atoms with Crippen molar-refractivity contribution in [2.24, 2.45) is 0 Å². The fourth-order valence-corrected chi connectivity index (χ4v) is 1.13. The second-order valence-corrected chi connectivity index (χ2v) is 3.75. The zero-order valence-corrected chi connectivity index (χ0v) is 10.1. The van der Waals surface area contributed by atoms with Crippen LogP contribution in [0.3, 0.4) is 0 Å². The summed E-state index contributed by atoms with van der Waals surface area (Å²) in [5, 5.41) is 11.4. The zero-order valence-electron chi connectivity index (χ0n) is 10.1. The van der Waals surface area contributed by atoms with Crippen molar-refractivity contribution in [1.82, 2.24) is 10.2 Å². The summed E-state index contributed by atoms with van der Waals surface area (Å²) in [6, 6.07) is -0.648. The maximum absolute atomic E-state index is 11.8. The van der Waals surface area contributed by atoms with Crippen molar-refractivity contribution in [3.63, 3.8) is 0 Å². The standard InChI is InChI=1S/C11H20N2O3/c1-5-8(3)12-11(16)13(7-10(14)15)9(4)6-2/h5,8-9H,1,6-7H2,2-4H3,(H,12,16)(H,14,15). The third kappa shape index (κ3) is 4.82. The third-order valence-corrected chi connectivity index (χ3v) is 2.39. The molecule has 0 aliphatic carbocycles. The normalized spacial score (nSPS) is 13.7. The number of urea groups is 1. The molecule has 0 heterocycles. The minimum atomic E-state index is -1.01. The summed E-state index contributed by atoms with van der Waals surface area (Å²) in [7, 11) is 0. The summed E-state index contributed by atoms with van der Waals surface area (Å²) in [6.45, 7) is 8.77. The maximum Gasteiger partial charge on any atom is 0.323 e. The van der Waals surface area contributed by atoms with E-state index in [4.69, 9.17) is 5.11 Å². The van der Waals surface area contributed by atoms with E-state index in [0.29, 0.717) is 6.42 Å². The number of hydrogen-bond acceptors (Lipinski definition) is 2. The molecule has 0 aromatic rings. The Morgan fingerprint density at radius 3 is 2.44 bits per heavy atom. The van der Waals surface area contributed by atoms with Crippen molar-refractivity contribution in [3.8, 4) is 0 Å². The molecule has 0 saturated carbocycles. The van der Waals surface area contributed by atoms with E-state index in [2.05, 4.69) is 11.9 Å². The topological polar surface area (TPSA) is 69.6 Å². The first-order valence-electron chi connectivity index (χ1n) is 5.33. The first-order chi connectivity index (χ1) is 7.42. The number of aliphatic carboxylic acids is 1. The molecule has 0 bridgehead atoms. The summed E-state index contributed by atoms with van der Waals surface area (Å²) in [6.07, 6.45) is 2.30. The molecule has 16 heavy (non-hydrogen) atoms. The molecule has 0 saturated heterocycles. The number of rotatable bonds is 6. The number of amides is 2. The minimum absolute atomic E-state index is 0.104. The molecule has 0 aliphatic heterocycles. The highest BCUT2D eigenvalue weighted by Crippen LogP contribution is 2.04. The van der Waals surface area contributed by atoms with Gasteiger partial charge in [0.2, 0.25) is 0 Å². The molecule has 0 aromatic heterocycles. The number of carbonyl (C=O) groups is 2. The number of carboxylic acids is 1. The minimum Gasteiger partial charge on any atom is -0.480 e. The van der Waals surface area contributed by atoms with Crippen molar-refractivity contribution in [2.45, 2.75) is 39.3 Å². The largest absolute Gasteiger partial charge is 0.480 e. The Balaban J connectivity index is 4.55. The Morgan fingerprint density at radius 1 is 1.50 bits per heavy atom. The van der Waals surface area contributed by atoms with Gasteiger partial charge in [-0.1, -0.05) is 13.0 Å². The number of nitrogens with one attached hydrogen (secondary N) is 1. The van der Waals surface area contributed by atoms with E-state index >= 15 is 0 Å². The van der Waals surface area contributed by atoms with Gasteiger partial charge in [-0.3, -0.25) is 4.79 Å². The highest BCUT2D eigenvalue weighted by molar-refractivity contribution is 5.80. The molecule has 2 amide bonds. The van der Waals surface area contributed by atoms with Gasteiger partial charge < -0.3 is 15.3 Å². The molecule has 92 valence electrons. The lowest BCUT2D eigenvalue weighted by Gasteiger charge is -2.28. The van der Waals surface area contributed by atoms with Crippen LogP contribution in [0.2, 0.25) is 0 Å². The molecular weight excluding hydrogens is 208 g/mol. The molecular formula is C11H20N2O3. The molecule has 0 radical (unpaired) electrons. The molecule has 2 unspecified atom stereocenters. The lowest BCUT2D eigenvalue weighted by molar-refractivity contribution is -0.138. The molecule has 0 aliphatic rings.